The van der Waals surface area contributed by atoms with Crippen molar-refractivity contribution in [3.63, 3.8) is 0 Å². The van der Waals surface area contributed by atoms with Crippen LogP contribution in [0.3, 0.4) is 0 Å². The standard InChI is InChI=1S/C18H17N3O2S/c1-21-16(11-13-5-3-2-4-6-13)19-20-18(21)24-12-14-7-9-15(10-8-14)17(22)23/h2-10H,11-12H2,1H3,(H,22,23)/p-1. The number of thioether (sulfide) groups is 1. The highest BCUT2D eigenvalue weighted by Crippen LogP contribution is 2.22. The zero-order chi connectivity index (χ0) is 16.9. The van der Waals surface area contributed by atoms with E-state index in [1.54, 1.807) is 36.0 Å². The van der Waals surface area contributed by atoms with Crippen molar-refractivity contribution in [3.05, 3.63) is 77.1 Å². The molecule has 0 bridgehead atoms. The number of aromatic carboxylic acids is 1. The van der Waals surface area contributed by atoms with Gasteiger partial charge in [-0.15, -0.1) is 10.2 Å². The van der Waals surface area contributed by atoms with E-state index in [9.17, 15) is 9.90 Å². The van der Waals surface area contributed by atoms with Gasteiger partial charge in [0.25, 0.3) is 0 Å². The minimum Gasteiger partial charge on any atom is -0.545 e. The number of carboxylic acid groups (broad SMARTS) is 1. The molecule has 0 unspecified atom stereocenters. The number of hydrogen-bond donors (Lipinski definition) is 0. The van der Waals surface area contributed by atoms with Crippen molar-refractivity contribution < 1.29 is 9.90 Å². The van der Waals surface area contributed by atoms with Gasteiger partial charge in [-0.1, -0.05) is 66.4 Å². The smallest absolute Gasteiger partial charge is 0.191 e. The molecule has 0 amide bonds. The van der Waals surface area contributed by atoms with Gasteiger partial charge in [-0.25, -0.2) is 0 Å². The summed E-state index contributed by atoms with van der Waals surface area (Å²) in [6.45, 7) is 0. The summed E-state index contributed by atoms with van der Waals surface area (Å²) in [6.07, 6.45) is 0.741. The van der Waals surface area contributed by atoms with Gasteiger partial charge in [-0.05, 0) is 16.7 Å². The fraction of sp³-hybridized carbons (Fsp3) is 0.167. The molecule has 0 aliphatic rings. The first kappa shape index (κ1) is 16.3. The first-order valence-electron chi connectivity index (χ1n) is 7.49. The average molecular weight is 338 g/mol. The monoisotopic (exact) mass is 338 g/mol. The van der Waals surface area contributed by atoms with Crippen LogP contribution in [-0.2, 0) is 19.2 Å². The number of carbonyl (C=O) groups is 1. The van der Waals surface area contributed by atoms with E-state index in [1.807, 2.05) is 29.8 Å². The molecule has 1 aromatic heterocycles. The van der Waals surface area contributed by atoms with Crippen LogP contribution in [0.1, 0.15) is 27.3 Å². The molecule has 5 nitrogen and oxygen atoms in total. The van der Waals surface area contributed by atoms with Gasteiger partial charge in [0.1, 0.15) is 5.82 Å². The number of hydrogen-bond acceptors (Lipinski definition) is 5. The van der Waals surface area contributed by atoms with Crippen molar-refractivity contribution in [2.75, 3.05) is 0 Å². The van der Waals surface area contributed by atoms with Crippen molar-refractivity contribution in [1.29, 1.82) is 0 Å². The number of carboxylic acids is 1. The molecule has 0 radical (unpaired) electrons. The Kier molecular flexibility index (Phi) is 4.96. The second-order valence-corrected chi connectivity index (χ2v) is 6.34. The van der Waals surface area contributed by atoms with Crippen LogP contribution in [0, 0.1) is 0 Å². The summed E-state index contributed by atoms with van der Waals surface area (Å²) in [5.41, 5.74) is 2.41. The Bertz CT molecular complexity index is 829. The van der Waals surface area contributed by atoms with Crippen LogP contribution in [0.2, 0.25) is 0 Å². The molecule has 0 fully saturated rings. The van der Waals surface area contributed by atoms with Crippen LogP contribution in [0.15, 0.2) is 59.8 Å². The molecule has 24 heavy (non-hydrogen) atoms. The van der Waals surface area contributed by atoms with Crippen LogP contribution in [0.25, 0.3) is 0 Å². The van der Waals surface area contributed by atoms with Crippen molar-refractivity contribution in [2.45, 2.75) is 17.3 Å². The molecular weight excluding hydrogens is 322 g/mol. The van der Waals surface area contributed by atoms with Crippen molar-refractivity contribution in [2.24, 2.45) is 7.05 Å². The molecule has 0 N–H and O–H groups in total. The summed E-state index contributed by atoms with van der Waals surface area (Å²) in [7, 11) is 1.96. The molecule has 3 rings (SSSR count). The first-order chi connectivity index (χ1) is 11.6. The molecule has 6 heteroatoms. The summed E-state index contributed by atoms with van der Waals surface area (Å²) < 4.78 is 1.99. The van der Waals surface area contributed by atoms with Crippen LogP contribution in [-0.4, -0.2) is 20.7 Å². The van der Waals surface area contributed by atoms with Gasteiger partial charge in [0.2, 0.25) is 0 Å². The van der Waals surface area contributed by atoms with Crippen molar-refractivity contribution in [1.82, 2.24) is 14.8 Å². The van der Waals surface area contributed by atoms with E-state index >= 15 is 0 Å². The number of nitrogens with zero attached hydrogens (tertiary/aromatic N) is 3. The number of aromatic nitrogens is 3. The normalized spacial score (nSPS) is 10.7. The van der Waals surface area contributed by atoms with E-state index in [2.05, 4.69) is 22.3 Å². The number of carbonyl (C=O) groups excluding carboxylic acids is 1. The van der Waals surface area contributed by atoms with Crippen molar-refractivity contribution >= 4 is 17.7 Å². The highest BCUT2D eigenvalue weighted by Gasteiger charge is 2.10. The Hall–Kier alpha value is -2.60. The summed E-state index contributed by atoms with van der Waals surface area (Å²) in [4.78, 5) is 10.8. The van der Waals surface area contributed by atoms with Gasteiger partial charge in [0.05, 0.1) is 5.97 Å². The zero-order valence-electron chi connectivity index (χ0n) is 13.2. The molecule has 0 atom stereocenters. The highest BCUT2D eigenvalue weighted by atomic mass is 32.2. The minimum atomic E-state index is -1.16. The summed E-state index contributed by atoms with van der Waals surface area (Å²) in [5, 5.41) is 20.1. The molecule has 122 valence electrons. The van der Waals surface area contributed by atoms with Crippen LogP contribution < -0.4 is 5.11 Å². The maximum atomic E-state index is 10.8. The lowest BCUT2D eigenvalue weighted by molar-refractivity contribution is -0.255. The molecule has 3 aromatic rings. The third-order valence-corrected chi connectivity index (χ3v) is 4.78. The SMILES string of the molecule is Cn1c(Cc2ccccc2)nnc1SCc1ccc(C(=O)[O-])cc1. The van der Waals surface area contributed by atoms with Gasteiger partial charge in [-0.2, -0.15) is 0 Å². The highest BCUT2D eigenvalue weighted by molar-refractivity contribution is 7.98. The second-order valence-electron chi connectivity index (χ2n) is 5.39. The Morgan fingerprint density at radius 1 is 1.04 bits per heavy atom. The van der Waals surface area contributed by atoms with E-state index < -0.39 is 5.97 Å². The zero-order valence-corrected chi connectivity index (χ0v) is 14.0. The summed E-state index contributed by atoms with van der Waals surface area (Å²) in [5.74, 6) is 0.453. The summed E-state index contributed by atoms with van der Waals surface area (Å²) in [6, 6.07) is 16.9. The lowest BCUT2D eigenvalue weighted by atomic mass is 10.1. The largest absolute Gasteiger partial charge is 0.545 e. The number of rotatable bonds is 6. The molecule has 1 heterocycles. The predicted octanol–water partition coefficient (Wildman–Crippen LogP) is 2.06. The van der Waals surface area contributed by atoms with E-state index in [0.29, 0.717) is 5.75 Å². The van der Waals surface area contributed by atoms with Gasteiger partial charge >= 0.3 is 0 Å². The molecule has 0 aliphatic heterocycles. The molecule has 2 aromatic carbocycles. The molecule has 0 aliphatic carbocycles. The Labute approximate surface area is 144 Å². The predicted molar refractivity (Wildman–Crippen MR) is 90.6 cm³/mol. The molecular formula is C18H16N3O2S-. The van der Waals surface area contributed by atoms with Crippen LogP contribution in [0.5, 0.6) is 0 Å². The average Bonchev–Trinajstić information content (AvgIpc) is 2.94. The third kappa shape index (κ3) is 3.83. The van der Waals surface area contributed by atoms with Crippen molar-refractivity contribution in [3.8, 4) is 0 Å². The van der Waals surface area contributed by atoms with E-state index in [4.69, 9.17) is 0 Å². The molecule has 0 spiro atoms. The Balaban J connectivity index is 1.65. The maximum absolute atomic E-state index is 10.8. The van der Waals surface area contributed by atoms with Crippen LogP contribution in [0.4, 0.5) is 0 Å². The van der Waals surface area contributed by atoms with E-state index in [-0.39, 0.29) is 5.56 Å². The van der Waals surface area contributed by atoms with Gasteiger partial charge < -0.3 is 14.5 Å². The number of benzene rings is 2. The lowest BCUT2D eigenvalue weighted by Crippen LogP contribution is -2.21. The first-order valence-corrected chi connectivity index (χ1v) is 8.47. The van der Waals surface area contributed by atoms with Gasteiger partial charge in [0.15, 0.2) is 5.16 Å². The Morgan fingerprint density at radius 2 is 1.75 bits per heavy atom. The topological polar surface area (TPSA) is 70.8 Å². The van der Waals surface area contributed by atoms with Gasteiger partial charge in [0, 0.05) is 19.2 Å². The van der Waals surface area contributed by atoms with E-state index in [0.717, 1.165) is 23.0 Å². The van der Waals surface area contributed by atoms with E-state index in [1.165, 1.54) is 5.56 Å². The minimum absolute atomic E-state index is 0.188. The summed E-state index contributed by atoms with van der Waals surface area (Å²) >= 11 is 1.57. The molecule has 0 saturated carbocycles. The second kappa shape index (κ2) is 7.31. The maximum Gasteiger partial charge on any atom is 0.191 e. The Morgan fingerprint density at radius 3 is 2.42 bits per heavy atom. The fourth-order valence-corrected chi connectivity index (χ4v) is 3.17. The van der Waals surface area contributed by atoms with Crippen LogP contribution >= 0.6 is 11.8 Å². The fourth-order valence-electron chi connectivity index (χ4n) is 2.29. The quantitative estimate of drug-likeness (QED) is 0.644. The molecule has 0 saturated heterocycles. The third-order valence-electron chi connectivity index (χ3n) is 3.69. The lowest BCUT2D eigenvalue weighted by Gasteiger charge is -2.06. The van der Waals surface area contributed by atoms with Gasteiger partial charge in [-0.3, -0.25) is 0 Å².